The Morgan fingerprint density at radius 3 is 2.17 bits per heavy atom. The number of aliphatic hydroxyl groups is 1. The van der Waals surface area contributed by atoms with E-state index in [-0.39, 0.29) is 6.42 Å². The van der Waals surface area contributed by atoms with Crippen molar-refractivity contribution in [3.8, 4) is 0 Å². The van der Waals surface area contributed by atoms with Gasteiger partial charge in [0.05, 0.1) is 6.42 Å². The van der Waals surface area contributed by atoms with E-state index in [1.807, 2.05) is 32.9 Å². The Morgan fingerprint density at radius 1 is 1.22 bits per heavy atom. The van der Waals surface area contributed by atoms with E-state index in [1.54, 1.807) is 0 Å². The Bertz CT molecular complexity index is 452. The summed E-state index contributed by atoms with van der Waals surface area (Å²) in [5.74, 6) is -1.56. The van der Waals surface area contributed by atoms with Crippen LogP contribution in [0.25, 0.3) is 0 Å². The number of benzene rings is 1. The third-order valence-corrected chi connectivity index (χ3v) is 2.72. The first-order chi connectivity index (χ1) is 8.31. The van der Waals surface area contributed by atoms with Crippen LogP contribution in [-0.2, 0) is 20.7 Å². The van der Waals surface area contributed by atoms with Gasteiger partial charge in [0.25, 0.3) is 0 Å². The highest BCUT2D eigenvalue weighted by atomic mass is 16.6. The second-order valence-corrected chi connectivity index (χ2v) is 4.52. The van der Waals surface area contributed by atoms with Crippen molar-refractivity contribution in [3.05, 3.63) is 34.4 Å². The van der Waals surface area contributed by atoms with Crippen LogP contribution < -0.4 is 0 Å². The van der Waals surface area contributed by atoms with Gasteiger partial charge in [0, 0.05) is 0 Å². The number of esters is 2. The number of ether oxygens (including phenoxy) is 1. The smallest absolute Gasteiger partial charge is 0.342 e. The Kier molecular flexibility index (Phi) is 4.62. The van der Waals surface area contributed by atoms with E-state index >= 15 is 0 Å². The summed E-state index contributed by atoms with van der Waals surface area (Å²) in [4.78, 5) is 22.6. The molecule has 18 heavy (non-hydrogen) atoms. The molecule has 0 saturated carbocycles. The highest BCUT2D eigenvalue weighted by Crippen LogP contribution is 2.17. The average Bonchev–Trinajstić information content (AvgIpc) is 2.23. The molecular formula is C14H18O4. The molecule has 0 amide bonds. The zero-order chi connectivity index (χ0) is 13.9. The first-order valence-corrected chi connectivity index (χ1v) is 5.80. The maximum Gasteiger partial charge on any atom is 0.342 e. The van der Waals surface area contributed by atoms with E-state index in [0.717, 1.165) is 22.3 Å². The fourth-order valence-electron chi connectivity index (χ4n) is 1.87. The molecular weight excluding hydrogens is 232 g/mol. The van der Waals surface area contributed by atoms with Crippen molar-refractivity contribution in [1.82, 2.24) is 0 Å². The predicted octanol–water partition coefficient (Wildman–Crippen LogP) is 1.60. The highest BCUT2D eigenvalue weighted by molar-refractivity contribution is 5.88. The first-order valence-electron chi connectivity index (χ1n) is 5.80. The average molecular weight is 250 g/mol. The molecule has 1 aromatic rings. The largest absolute Gasteiger partial charge is 0.391 e. The molecule has 1 unspecified atom stereocenters. The number of hydrogen-bond donors (Lipinski definition) is 1. The minimum atomic E-state index is -1.28. The molecule has 0 aromatic heterocycles. The van der Waals surface area contributed by atoms with Crippen LogP contribution >= 0.6 is 0 Å². The van der Waals surface area contributed by atoms with Gasteiger partial charge in [-0.15, -0.1) is 0 Å². The molecule has 98 valence electrons. The van der Waals surface area contributed by atoms with Gasteiger partial charge in [-0.1, -0.05) is 17.7 Å². The maximum absolute atomic E-state index is 11.6. The van der Waals surface area contributed by atoms with Crippen LogP contribution in [0.4, 0.5) is 0 Å². The van der Waals surface area contributed by atoms with E-state index < -0.39 is 18.0 Å². The van der Waals surface area contributed by atoms with Gasteiger partial charge >= 0.3 is 11.9 Å². The Labute approximate surface area is 107 Å². The highest BCUT2D eigenvalue weighted by Gasteiger charge is 2.17. The fraction of sp³-hybridized carbons (Fsp3) is 0.429. The van der Waals surface area contributed by atoms with Crippen LogP contribution in [0.5, 0.6) is 0 Å². The molecule has 0 heterocycles. The van der Waals surface area contributed by atoms with Crippen molar-refractivity contribution >= 4 is 11.9 Å². The van der Waals surface area contributed by atoms with Crippen LogP contribution in [-0.4, -0.2) is 23.1 Å². The molecule has 0 spiro atoms. The van der Waals surface area contributed by atoms with Gasteiger partial charge in [0.15, 0.2) is 0 Å². The van der Waals surface area contributed by atoms with Gasteiger partial charge in [0.2, 0.25) is 0 Å². The Morgan fingerprint density at radius 2 is 1.72 bits per heavy atom. The summed E-state index contributed by atoms with van der Waals surface area (Å²) in [6, 6.07) is 3.96. The van der Waals surface area contributed by atoms with Gasteiger partial charge in [-0.2, -0.15) is 0 Å². The first kappa shape index (κ1) is 14.4. The second-order valence-electron chi connectivity index (χ2n) is 4.52. The van der Waals surface area contributed by atoms with Crippen LogP contribution in [0.3, 0.4) is 0 Å². The molecule has 0 aliphatic carbocycles. The molecule has 0 fully saturated rings. The molecule has 0 aliphatic heterocycles. The molecule has 1 N–H and O–H groups in total. The van der Waals surface area contributed by atoms with E-state index in [9.17, 15) is 9.59 Å². The van der Waals surface area contributed by atoms with E-state index in [0.29, 0.717) is 0 Å². The SMILES string of the molecule is Cc1cc(C)c(CC(=O)OC(=O)C(C)O)c(C)c1. The molecule has 4 nitrogen and oxygen atoms in total. The van der Waals surface area contributed by atoms with Crippen molar-refractivity contribution < 1.29 is 19.4 Å². The number of aliphatic hydroxyl groups excluding tert-OH is 1. The van der Waals surface area contributed by atoms with Crippen molar-refractivity contribution in [1.29, 1.82) is 0 Å². The van der Waals surface area contributed by atoms with Crippen molar-refractivity contribution in [2.24, 2.45) is 0 Å². The summed E-state index contributed by atoms with van der Waals surface area (Å²) >= 11 is 0. The number of carbonyl (C=O) groups is 2. The lowest BCUT2D eigenvalue weighted by Gasteiger charge is -2.11. The topological polar surface area (TPSA) is 63.6 Å². The summed E-state index contributed by atoms with van der Waals surface area (Å²) in [7, 11) is 0. The van der Waals surface area contributed by atoms with Crippen LogP contribution in [0, 0.1) is 20.8 Å². The second kappa shape index (κ2) is 5.78. The molecule has 1 atom stereocenters. The van der Waals surface area contributed by atoms with Gasteiger partial charge in [-0.25, -0.2) is 4.79 Å². The third-order valence-electron chi connectivity index (χ3n) is 2.72. The van der Waals surface area contributed by atoms with Gasteiger partial charge in [-0.05, 0) is 44.4 Å². The monoisotopic (exact) mass is 250 g/mol. The van der Waals surface area contributed by atoms with E-state index in [2.05, 4.69) is 4.74 Å². The number of aryl methyl sites for hydroxylation is 3. The van der Waals surface area contributed by atoms with Crippen LogP contribution in [0.15, 0.2) is 12.1 Å². The summed E-state index contributed by atoms with van der Waals surface area (Å²) in [5, 5.41) is 8.95. The molecule has 1 aromatic carbocycles. The normalized spacial score (nSPS) is 12.1. The standard InChI is InChI=1S/C14H18O4/c1-8-5-9(2)12(10(3)6-8)7-13(16)18-14(17)11(4)15/h5-6,11,15H,7H2,1-4H3. The zero-order valence-electron chi connectivity index (χ0n) is 11.1. The predicted molar refractivity (Wildman–Crippen MR) is 67.1 cm³/mol. The summed E-state index contributed by atoms with van der Waals surface area (Å²) in [6.07, 6.45) is -1.25. The molecule has 0 bridgehead atoms. The number of carbonyl (C=O) groups excluding carboxylic acids is 2. The Balaban J connectivity index is 2.80. The van der Waals surface area contributed by atoms with Crippen molar-refractivity contribution in [2.75, 3.05) is 0 Å². The van der Waals surface area contributed by atoms with E-state index in [1.165, 1.54) is 6.92 Å². The van der Waals surface area contributed by atoms with Crippen molar-refractivity contribution in [2.45, 2.75) is 40.2 Å². The maximum atomic E-state index is 11.6. The minimum absolute atomic E-state index is 0.0381. The summed E-state index contributed by atoms with van der Waals surface area (Å²) in [6.45, 7) is 7.08. The lowest BCUT2D eigenvalue weighted by Crippen LogP contribution is -2.24. The number of rotatable bonds is 3. The van der Waals surface area contributed by atoms with Crippen LogP contribution in [0.2, 0.25) is 0 Å². The fourth-order valence-corrected chi connectivity index (χ4v) is 1.87. The van der Waals surface area contributed by atoms with Gasteiger partial charge in [-0.3, -0.25) is 4.79 Å². The zero-order valence-corrected chi connectivity index (χ0v) is 11.1. The lowest BCUT2D eigenvalue weighted by atomic mass is 9.97. The summed E-state index contributed by atoms with van der Waals surface area (Å²) in [5.41, 5.74) is 3.98. The molecule has 0 saturated heterocycles. The van der Waals surface area contributed by atoms with E-state index in [4.69, 9.17) is 5.11 Å². The minimum Gasteiger partial charge on any atom is -0.391 e. The summed E-state index contributed by atoms with van der Waals surface area (Å²) < 4.78 is 4.53. The Hall–Kier alpha value is -1.68. The molecule has 4 heteroatoms. The molecule has 1 rings (SSSR count). The lowest BCUT2D eigenvalue weighted by molar-refractivity contribution is -0.164. The molecule has 0 radical (unpaired) electrons. The van der Waals surface area contributed by atoms with Crippen molar-refractivity contribution in [3.63, 3.8) is 0 Å². The third kappa shape index (κ3) is 3.67. The van der Waals surface area contributed by atoms with Gasteiger partial charge in [0.1, 0.15) is 6.10 Å². The number of hydrogen-bond acceptors (Lipinski definition) is 4. The van der Waals surface area contributed by atoms with Gasteiger partial charge < -0.3 is 9.84 Å². The quantitative estimate of drug-likeness (QED) is 0.654. The molecule has 0 aliphatic rings. The van der Waals surface area contributed by atoms with Crippen LogP contribution in [0.1, 0.15) is 29.2 Å².